The first-order chi connectivity index (χ1) is 22.8. The van der Waals surface area contributed by atoms with Gasteiger partial charge in [-0.05, 0) is 62.1 Å². The summed E-state index contributed by atoms with van der Waals surface area (Å²) in [7, 11) is 1.91. The average Bonchev–Trinajstić information content (AvgIpc) is 3.84. The number of thiazole rings is 1. The van der Waals surface area contributed by atoms with Crippen LogP contribution in [-0.2, 0) is 11.2 Å². The minimum Gasteiger partial charge on any atom is -0.393 e. The molecule has 1 saturated carbocycles. The normalized spacial score (nSPS) is 18.1. The molecule has 2 fully saturated rings. The van der Waals surface area contributed by atoms with E-state index in [1.807, 2.05) is 58.9 Å². The lowest BCUT2D eigenvalue weighted by Crippen LogP contribution is -2.50. The lowest BCUT2D eigenvalue weighted by Gasteiger charge is -2.36. The molecule has 0 spiro atoms. The van der Waals surface area contributed by atoms with E-state index in [-0.39, 0.29) is 23.7 Å². The molecule has 5 heterocycles. The van der Waals surface area contributed by atoms with Crippen LogP contribution in [0, 0.1) is 23.1 Å². The number of fused-ring (bicyclic) bond motifs is 1. The van der Waals surface area contributed by atoms with E-state index in [4.69, 9.17) is 9.97 Å². The van der Waals surface area contributed by atoms with Gasteiger partial charge in [-0.1, -0.05) is 18.3 Å². The van der Waals surface area contributed by atoms with Crippen LogP contribution in [-0.4, -0.2) is 79.6 Å². The number of nitriles is 1. The third-order valence-electron chi connectivity index (χ3n) is 9.04. The van der Waals surface area contributed by atoms with Gasteiger partial charge >= 0.3 is 0 Å². The Bertz CT molecular complexity index is 1960. The summed E-state index contributed by atoms with van der Waals surface area (Å²) in [6, 6.07) is 12.2. The van der Waals surface area contributed by atoms with Gasteiger partial charge in [-0.3, -0.25) is 9.20 Å². The van der Waals surface area contributed by atoms with Crippen molar-refractivity contribution >= 4 is 39.8 Å². The molecule has 1 aliphatic heterocycles. The molecular formula is C34H34FN9O2S. The van der Waals surface area contributed by atoms with Gasteiger partial charge in [0.1, 0.15) is 33.9 Å². The molecule has 13 heteroatoms. The van der Waals surface area contributed by atoms with E-state index in [0.29, 0.717) is 72.7 Å². The van der Waals surface area contributed by atoms with Gasteiger partial charge < -0.3 is 19.8 Å². The number of pyridine rings is 1. The summed E-state index contributed by atoms with van der Waals surface area (Å²) in [5.74, 6) is 1.21. The van der Waals surface area contributed by atoms with E-state index < -0.39 is 0 Å². The first-order valence-corrected chi connectivity index (χ1v) is 16.6. The van der Waals surface area contributed by atoms with Crippen LogP contribution in [0.5, 0.6) is 0 Å². The fourth-order valence-corrected chi connectivity index (χ4v) is 7.32. The number of piperazine rings is 1. The van der Waals surface area contributed by atoms with Gasteiger partial charge in [0.25, 0.3) is 0 Å². The highest BCUT2D eigenvalue weighted by Crippen LogP contribution is 2.37. The molecule has 2 aliphatic rings. The Kier molecular flexibility index (Phi) is 8.30. The van der Waals surface area contributed by atoms with Crippen LogP contribution in [0.1, 0.15) is 36.8 Å². The third kappa shape index (κ3) is 5.90. The number of carbonyl (C=O) groups excluding carboxylic acids is 1. The van der Waals surface area contributed by atoms with Crippen LogP contribution in [0.25, 0.3) is 28.0 Å². The number of hydrogen-bond acceptors (Lipinski definition) is 10. The quantitative estimate of drug-likeness (QED) is 0.257. The van der Waals surface area contributed by atoms with E-state index in [2.05, 4.69) is 20.9 Å². The van der Waals surface area contributed by atoms with Gasteiger partial charge in [-0.15, -0.1) is 0 Å². The first-order valence-electron chi connectivity index (χ1n) is 15.8. The number of halogens is 1. The maximum atomic E-state index is 13.6. The molecule has 1 N–H and O–H groups in total. The molecule has 5 aromatic rings. The minimum absolute atomic E-state index is 0.0656. The topological polar surface area (TPSA) is 127 Å². The molecule has 47 heavy (non-hydrogen) atoms. The number of rotatable bonds is 7. The Balaban J connectivity index is 1.11. The summed E-state index contributed by atoms with van der Waals surface area (Å²) in [6.45, 7) is 4.59. The molecule has 1 amide bonds. The second-order valence-corrected chi connectivity index (χ2v) is 13.0. The van der Waals surface area contributed by atoms with Gasteiger partial charge in [0.2, 0.25) is 11.9 Å². The predicted molar refractivity (Wildman–Crippen MR) is 178 cm³/mol. The number of amides is 1. The number of benzene rings is 1. The molecule has 1 aromatic carbocycles. The zero-order chi connectivity index (χ0) is 32.7. The highest BCUT2D eigenvalue weighted by atomic mass is 32.1. The van der Waals surface area contributed by atoms with E-state index >= 15 is 0 Å². The monoisotopic (exact) mass is 651 g/mol. The lowest BCUT2D eigenvalue weighted by molar-refractivity contribution is -0.135. The fraction of sp³-hybridized carbons (Fsp3) is 0.353. The van der Waals surface area contributed by atoms with Gasteiger partial charge in [-0.25, -0.2) is 24.3 Å². The fourth-order valence-electron chi connectivity index (χ4n) is 6.47. The van der Waals surface area contributed by atoms with Crippen molar-refractivity contribution in [3.8, 4) is 28.5 Å². The van der Waals surface area contributed by atoms with Gasteiger partial charge in [0.15, 0.2) is 5.13 Å². The van der Waals surface area contributed by atoms with Crippen molar-refractivity contribution in [2.45, 2.75) is 38.7 Å². The molecule has 2 atom stereocenters. The summed E-state index contributed by atoms with van der Waals surface area (Å²) in [5.41, 5.74) is 4.63. The number of aryl methyl sites for hydroxylation is 1. The number of imidazole rings is 1. The standard InChI is InChI=1S/C34H34FN9O2S/c1-3-27-31(41(2)34-40-30(28(17-36)47-34)21-4-8-25(35)9-5-21)44-20-23(7-11-29(44)39-27)24-18-37-33(38-19-24)43-14-12-42(13-15-43)32(46)22-6-10-26(45)16-22/h4-5,7-9,11,18-20,22,26,45H,3,6,10,12-16H2,1-2H3/t22?,26-/m0/s1. The number of nitrogens with zero attached hydrogens (tertiary/aromatic N) is 9. The second kappa shape index (κ2) is 12.7. The highest BCUT2D eigenvalue weighted by molar-refractivity contribution is 7.16. The van der Waals surface area contributed by atoms with Crippen molar-refractivity contribution in [1.29, 1.82) is 5.26 Å². The smallest absolute Gasteiger partial charge is 0.225 e. The molecule has 11 nitrogen and oxygen atoms in total. The number of aliphatic hydroxyl groups is 1. The number of anilines is 3. The summed E-state index contributed by atoms with van der Waals surface area (Å²) in [4.78, 5) is 38.3. The zero-order valence-electron chi connectivity index (χ0n) is 26.2. The van der Waals surface area contributed by atoms with Crippen molar-refractivity contribution < 1.29 is 14.3 Å². The van der Waals surface area contributed by atoms with Crippen molar-refractivity contribution in [3.05, 3.63) is 71.4 Å². The molecule has 240 valence electrons. The molecule has 1 unspecified atom stereocenters. The molecular weight excluding hydrogens is 618 g/mol. The Morgan fingerprint density at radius 2 is 1.77 bits per heavy atom. The van der Waals surface area contributed by atoms with Gasteiger partial charge in [-0.2, -0.15) is 5.26 Å². The van der Waals surface area contributed by atoms with E-state index in [9.17, 15) is 19.6 Å². The Hall–Kier alpha value is -4.93. The Labute approximate surface area is 275 Å². The van der Waals surface area contributed by atoms with Gasteiger partial charge in [0, 0.05) is 74.4 Å². The lowest BCUT2D eigenvalue weighted by atomic mass is 10.1. The summed E-state index contributed by atoms with van der Waals surface area (Å²) in [6.07, 6.45) is 8.01. The molecule has 4 aromatic heterocycles. The van der Waals surface area contributed by atoms with Crippen molar-refractivity contribution in [1.82, 2.24) is 29.2 Å². The number of carbonyl (C=O) groups is 1. The predicted octanol–water partition coefficient (Wildman–Crippen LogP) is 5.07. The molecule has 1 saturated heterocycles. The van der Waals surface area contributed by atoms with E-state index in [1.54, 1.807) is 12.1 Å². The zero-order valence-corrected chi connectivity index (χ0v) is 27.0. The van der Waals surface area contributed by atoms with Crippen LogP contribution in [0.4, 0.5) is 21.3 Å². The van der Waals surface area contributed by atoms with Crippen LogP contribution < -0.4 is 9.80 Å². The number of aliphatic hydroxyl groups excluding tert-OH is 1. The maximum Gasteiger partial charge on any atom is 0.225 e. The van der Waals surface area contributed by atoms with Crippen molar-refractivity contribution in [2.75, 3.05) is 43.0 Å². The minimum atomic E-state index is -0.356. The molecule has 7 rings (SSSR count). The largest absolute Gasteiger partial charge is 0.393 e. The average molecular weight is 652 g/mol. The molecule has 0 radical (unpaired) electrons. The number of aromatic nitrogens is 5. The SMILES string of the molecule is CCc1nc2ccc(-c3cnc(N4CCN(C(=O)C5CC[C@H](O)C5)CC4)nc3)cn2c1N(C)c1nc(-c2ccc(F)cc2)c(C#N)s1. The van der Waals surface area contributed by atoms with E-state index in [0.717, 1.165) is 34.7 Å². The third-order valence-corrected chi connectivity index (χ3v) is 10.1. The van der Waals surface area contributed by atoms with Crippen molar-refractivity contribution in [2.24, 2.45) is 5.92 Å². The van der Waals surface area contributed by atoms with Crippen molar-refractivity contribution in [3.63, 3.8) is 0 Å². The second-order valence-electron chi connectivity index (χ2n) is 12.0. The number of hydrogen-bond donors (Lipinski definition) is 1. The van der Waals surface area contributed by atoms with E-state index in [1.165, 1.54) is 23.5 Å². The highest BCUT2D eigenvalue weighted by Gasteiger charge is 2.33. The van der Waals surface area contributed by atoms with Crippen LogP contribution in [0.2, 0.25) is 0 Å². The summed E-state index contributed by atoms with van der Waals surface area (Å²) in [5, 5.41) is 20.3. The van der Waals surface area contributed by atoms with Crippen LogP contribution in [0.3, 0.4) is 0 Å². The van der Waals surface area contributed by atoms with Gasteiger partial charge in [0.05, 0.1) is 11.8 Å². The Morgan fingerprint density at radius 3 is 2.43 bits per heavy atom. The summed E-state index contributed by atoms with van der Waals surface area (Å²) < 4.78 is 15.6. The Morgan fingerprint density at radius 1 is 1.04 bits per heavy atom. The first kappa shape index (κ1) is 30.7. The van der Waals surface area contributed by atoms with Crippen LogP contribution >= 0.6 is 11.3 Å². The summed E-state index contributed by atoms with van der Waals surface area (Å²) >= 11 is 1.28. The molecule has 1 aliphatic carbocycles. The van der Waals surface area contributed by atoms with Crippen LogP contribution in [0.15, 0.2) is 55.0 Å². The maximum absolute atomic E-state index is 13.6. The molecule has 0 bridgehead atoms.